The van der Waals surface area contributed by atoms with Gasteiger partial charge in [-0.2, -0.15) is 0 Å². The number of rotatable bonds is 7. The highest BCUT2D eigenvalue weighted by atomic mass is 79.9. The number of urea groups is 1. The number of amides is 4. The average Bonchev–Trinajstić information content (AvgIpc) is 3.26. The fraction of sp³-hybridized carbons (Fsp3) is 0.200. The molecule has 0 bridgehead atoms. The number of esters is 1. The molecule has 0 spiro atoms. The van der Waals surface area contributed by atoms with Crippen molar-refractivity contribution in [3.63, 3.8) is 0 Å². The summed E-state index contributed by atoms with van der Waals surface area (Å²) in [6.45, 7) is -0.461. The van der Waals surface area contributed by atoms with Gasteiger partial charge in [-0.3, -0.25) is 19.8 Å². The van der Waals surface area contributed by atoms with Crippen LogP contribution in [0.15, 0.2) is 45.0 Å². The Morgan fingerprint density at radius 3 is 2.65 bits per heavy atom. The Kier molecular flexibility index (Phi) is 6.75. The molecular formula is C20H17BrN2O8. The summed E-state index contributed by atoms with van der Waals surface area (Å²) in [5, 5.41) is 2.14. The molecule has 1 aliphatic heterocycles. The van der Waals surface area contributed by atoms with E-state index in [1.807, 2.05) is 0 Å². The number of hydrogen-bond acceptors (Lipinski definition) is 8. The molecule has 0 unspecified atom stereocenters. The third-order valence-corrected chi connectivity index (χ3v) is 4.92. The first kappa shape index (κ1) is 22.1. The Bertz CT molecular complexity index is 1060. The zero-order chi connectivity index (χ0) is 22.5. The van der Waals surface area contributed by atoms with Gasteiger partial charge in [0.1, 0.15) is 11.3 Å². The molecule has 162 valence electrons. The standard InChI is InChI=1S/C20H17BrN2O8/c1-28-15-7-11(14(21)8-16(15)31-10-17(24)29-2)6-13-18(25)22-20(27)23(19(13)26)9-12-4-3-5-30-12/h3-8H,9-10H2,1-2H3,(H,22,25,27)/b13-6+. The van der Waals surface area contributed by atoms with Gasteiger partial charge in [-0.25, -0.2) is 9.59 Å². The van der Waals surface area contributed by atoms with Crippen LogP contribution < -0.4 is 14.8 Å². The fourth-order valence-corrected chi connectivity index (χ4v) is 3.12. The number of nitrogens with zero attached hydrogens (tertiary/aromatic N) is 1. The number of benzene rings is 1. The number of hydrogen-bond donors (Lipinski definition) is 1. The van der Waals surface area contributed by atoms with Crippen molar-refractivity contribution in [1.82, 2.24) is 10.2 Å². The van der Waals surface area contributed by atoms with Gasteiger partial charge >= 0.3 is 12.0 Å². The highest BCUT2D eigenvalue weighted by Gasteiger charge is 2.36. The highest BCUT2D eigenvalue weighted by molar-refractivity contribution is 9.10. The number of carbonyl (C=O) groups excluding carboxylic acids is 4. The number of furan rings is 1. The summed E-state index contributed by atoms with van der Waals surface area (Å²) >= 11 is 3.34. The van der Waals surface area contributed by atoms with E-state index in [-0.39, 0.29) is 30.2 Å². The molecule has 2 heterocycles. The normalized spacial score (nSPS) is 15.1. The van der Waals surface area contributed by atoms with Crippen LogP contribution in [0.2, 0.25) is 0 Å². The molecule has 10 nitrogen and oxygen atoms in total. The molecule has 0 aliphatic carbocycles. The first-order valence-corrected chi connectivity index (χ1v) is 9.61. The molecule has 2 aromatic rings. The average molecular weight is 493 g/mol. The topological polar surface area (TPSA) is 124 Å². The molecule has 11 heteroatoms. The van der Waals surface area contributed by atoms with E-state index in [9.17, 15) is 19.2 Å². The minimum Gasteiger partial charge on any atom is -0.493 e. The highest BCUT2D eigenvalue weighted by Crippen LogP contribution is 2.35. The lowest BCUT2D eigenvalue weighted by Crippen LogP contribution is -2.53. The molecule has 0 saturated carbocycles. The van der Waals surface area contributed by atoms with E-state index in [2.05, 4.69) is 26.0 Å². The first-order valence-electron chi connectivity index (χ1n) is 8.82. The largest absolute Gasteiger partial charge is 0.493 e. The second-order valence-electron chi connectivity index (χ2n) is 6.18. The molecule has 3 rings (SSSR count). The van der Waals surface area contributed by atoms with Crippen LogP contribution in [-0.4, -0.2) is 49.5 Å². The van der Waals surface area contributed by atoms with Crippen LogP contribution in [-0.2, 0) is 25.7 Å². The zero-order valence-electron chi connectivity index (χ0n) is 16.5. The quantitative estimate of drug-likeness (QED) is 0.354. The Morgan fingerprint density at radius 1 is 1.23 bits per heavy atom. The Labute approximate surface area is 184 Å². The number of nitrogens with one attached hydrogen (secondary N) is 1. The molecule has 4 amide bonds. The van der Waals surface area contributed by atoms with E-state index in [1.165, 1.54) is 38.7 Å². The number of carbonyl (C=O) groups is 4. The number of imide groups is 2. The lowest BCUT2D eigenvalue weighted by atomic mass is 10.1. The summed E-state index contributed by atoms with van der Waals surface area (Å²) in [6, 6.07) is 5.42. The summed E-state index contributed by atoms with van der Waals surface area (Å²) < 4.78 is 20.8. The van der Waals surface area contributed by atoms with Crippen molar-refractivity contribution < 1.29 is 37.8 Å². The van der Waals surface area contributed by atoms with Crippen molar-refractivity contribution in [2.75, 3.05) is 20.8 Å². The maximum Gasteiger partial charge on any atom is 0.343 e. The van der Waals surface area contributed by atoms with Crippen LogP contribution in [0.3, 0.4) is 0 Å². The fourth-order valence-electron chi connectivity index (χ4n) is 2.68. The van der Waals surface area contributed by atoms with E-state index in [1.54, 1.807) is 12.1 Å². The van der Waals surface area contributed by atoms with E-state index in [4.69, 9.17) is 13.9 Å². The second-order valence-corrected chi connectivity index (χ2v) is 7.03. The van der Waals surface area contributed by atoms with Gasteiger partial charge in [0.15, 0.2) is 18.1 Å². The summed E-state index contributed by atoms with van der Waals surface area (Å²) in [5.74, 6) is -1.30. The molecule has 1 aliphatic rings. The minimum absolute atomic E-state index is 0.132. The molecule has 1 fully saturated rings. The van der Waals surface area contributed by atoms with Crippen LogP contribution in [0, 0.1) is 0 Å². The molecule has 31 heavy (non-hydrogen) atoms. The van der Waals surface area contributed by atoms with Gasteiger partial charge in [0.05, 0.1) is 27.0 Å². The Hall–Kier alpha value is -3.60. The molecule has 1 aromatic carbocycles. The molecule has 0 atom stereocenters. The van der Waals surface area contributed by atoms with Crippen LogP contribution >= 0.6 is 15.9 Å². The van der Waals surface area contributed by atoms with E-state index in [0.29, 0.717) is 15.8 Å². The van der Waals surface area contributed by atoms with Crippen molar-refractivity contribution in [2.45, 2.75) is 6.54 Å². The number of ether oxygens (including phenoxy) is 3. The molecule has 1 saturated heterocycles. The van der Waals surface area contributed by atoms with Gasteiger partial charge in [0, 0.05) is 4.47 Å². The molecule has 0 radical (unpaired) electrons. The van der Waals surface area contributed by atoms with Crippen LogP contribution in [0.4, 0.5) is 4.79 Å². The summed E-state index contributed by atoms with van der Waals surface area (Å²) in [5.41, 5.74) is 0.158. The SMILES string of the molecule is COC(=O)COc1cc(Br)c(/C=C2\C(=O)NC(=O)N(Cc3ccco3)C2=O)cc1OC. The third-order valence-electron chi connectivity index (χ3n) is 4.24. The van der Waals surface area contributed by atoms with Gasteiger partial charge in [-0.1, -0.05) is 15.9 Å². The third kappa shape index (κ3) is 4.94. The molecule has 1 N–H and O–H groups in total. The van der Waals surface area contributed by atoms with E-state index >= 15 is 0 Å². The smallest absolute Gasteiger partial charge is 0.343 e. The summed E-state index contributed by atoms with van der Waals surface area (Å²) in [4.78, 5) is 49.5. The minimum atomic E-state index is -0.841. The summed E-state index contributed by atoms with van der Waals surface area (Å²) in [7, 11) is 2.63. The van der Waals surface area contributed by atoms with Crippen molar-refractivity contribution in [3.05, 3.63) is 51.9 Å². The lowest BCUT2D eigenvalue weighted by molar-refractivity contribution is -0.143. The lowest BCUT2D eigenvalue weighted by Gasteiger charge is -2.25. The number of halogens is 1. The van der Waals surface area contributed by atoms with E-state index in [0.717, 1.165) is 4.90 Å². The van der Waals surface area contributed by atoms with Gasteiger partial charge in [-0.15, -0.1) is 0 Å². The van der Waals surface area contributed by atoms with E-state index < -0.39 is 23.8 Å². The van der Waals surface area contributed by atoms with Gasteiger partial charge in [0.25, 0.3) is 11.8 Å². The molecule has 1 aromatic heterocycles. The zero-order valence-corrected chi connectivity index (χ0v) is 18.1. The maximum absolute atomic E-state index is 12.8. The van der Waals surface area contributed by atoms with Gasteiger partial charge in [-0.05, 0) is 35.9 Å². The van der Waals surface area contributed by atoms with Crippen LogP contribution in [0.1, 0.15) is 11.3 Å². The first-order chi connectivity index (χ1) is 14.8. The predicted molar refractivity (Wildman–Crippen MR) is 109 cm³/mol. The van der Waals surface area contributed by atoms with Crippen LogP contribution in [0.5, 0.6) is 11.5 Å². The van der Waals surface area contributed by atoms with Gasteiger partial charge in [0.2, 0.25) is 0 Å². The second kappa shape index (κ2) is 9.47. The molecular weight excluding hydrogens is 476 g/mol. The predicted octanol–water partition coefficient (Wildman–Crippen LogP) is 2.26. The van der Waals surface area contributed by atoms with Gasteiger partial charge < -0.3 is 18.6 Å². The summed E-state index contributed by atoms with van der Waals surface area (Å²) in [6.07, 6.45) is 2.73. The van der Waals surface area contributed by atoms with Crippen molar-refractivity contribution >= 4 is 45.8 Å². The van der Waals surface area contributed by atoms with Crippen molar-refractivity contribution in [3.8, 4) is 11.5 Å². The Balaban J connectivity index is 1.91. The van der Waals surface area contributed by atoms with Crippen molar-refractivity contribution in [1.29, 1.82) is 0 Å². The maximum atomic E-state index is 12.8. The van der Waals surface area contributed by atoms with Crippen molar-refractivity contribution in [2.24, 2.45) is 0 Å². The number of methoxy groups -OCH3 is 2. The monoisotopic (exact) mass is 492 g/mol. The van der Waals surface area contributed by atoms with Crippen LogP contribution in [0.25, 0.3) is 6.08 Å². The number of barbiturate groups is 1. The Morgan fingerprint density at radius 2 is 2.00 bits per heavy atom.